The van der Waals surface area contributed by atoms with Crippen molar-refractivity contribution >= 4 is 11.6 Å². The SMILES string of the molecule is CCCC(C)Oc1ccc([C@@H](C)N)cc1Cl. The van der Waals surface area contributed by atoms with Crippen LogP contribution in [0.15, 0.2) is 18.2 Å². The summed E-state index contributed by atoms with van der Waals surface area (Å²) in [4.78, 5) is 0. The van der Waals surface area contributed by atoms with Gasteiger partial charge in [-0.3, -0.25) is 0 Å². The number of hydrogen-bond donors (Lipinski definition) is 1. The van der Waals surface area contributed by atoms with Crippen molar-refractivity contribution in [2.75, 3.05) is 0 Å². The summed E-state index contributed by atoms with van der Waals surface area (Å²) in [5, 5.41) is 0.637. The third-order valence-electron chi connectivity index (χ3n) is 2.51. The van der Waals surface area contributed by atoms with Gasteiger partial charge < -0.3 is 10.5 Å². The van der Waals surface area contributed by atoms with Crippen LogP contribution < -0.4 is 10.5 Å². The molecule has 2 N–H and O–H groups in total. The van der Waals surface area contributed by atoms with Crippen molar-refractivity contribution in [2.24, 2.45) is 5.73 Å². The van der Waals surface area contributed by atoms with Crippen molar-refractivity contribution in [3.8, 4) is 5.75 Å². The average Bonchev–Trinajstić information content (AvgIpc) is 2.21. The highest BCUT2D eigenvalue weighted by molar-refractivity contribution is 6.32. The Balaban J connectivity index is 2.75. The summed E-state index contributed by atoms with van der Waals surface area (Å²) < 4.78 is 5.75. The Morgan fingerprint density at radius 3 is 2.56 bits per heavy atom. The second kappa shape index (κ2) is 6.12. The van der Waals surface area contributed by atoms with Crippen molar-refractivity contribution in [2.45, 2.75) is 45.8 Å². The van der Waals surface area contributed by atoms with E-state index in [4.69, 9.17) is 22.1 Å². The van der Waals surface area contributed by atoms with Gasteiger partial charge in [0.25, 0.3) is 0 Å². The minimum absolute atomic E-state index is 0.000356. The molecule has 0 bridgehead atoms. The van der Waals surface area contributed by atoms with Crippen molar-refractivity contribution < 1.29 is 4.74 Å². The van der Waals surface area contributed by atoms with E-state index in [2.05, 4.69) is 13.8 Å². The minimum atomic E-state index is -0.000356. The van der Waals surface area contributed by atoms with Crippen LogP contribution in [-0.2, 0) is 0 Å². The molecule has 0 aliphatic carbocycles. The predicted molar refractivity (Wildman–Crippen MR) is 69.1 cm³/mol. The third-order valence-corrected chi connectivity index (χ3v) is 2.80. The molecule has 0 saturated heterocycles. The van der Waals surface area contributed by atoms with E-state index in [1.54, 1.807) is 0 Å². The van der Waals surface area contributed by atoms with E-state index in [1.165, 1.54) is 0 Å². The fraction of sp³-hybridized carbons (Fsp3) is 0.538. The predicted octanol–water partition coefficient (Wildman–Crippen LogP) is 3.93. The molecule has 2 atom stereocenters. The molecule has 0 amide bonds. The third kappa shape index (κ3) is 3.69. The zero-order valence-corrected chi connectivity index (χ0v) is 10.9. The van der Waals surface area contributed by atoms with E-state index in [0.717, 1.165) is 24.2 Å². The van der Waals surface area contributed by atoms with Gasteiger partial charge in [0.05, 0.1) is 11.1 Å². The first kappa shape index (κ1) is 13.3. The molecule has 0 aromatic heterocycles. The van der Waals surface area contributed by atoms with Crippen LogP contribution in [0.3, 0.4) is 0 Å². The fourth-order valence-corrected chi connectivity index (χ4v) is 1.81. The van der Waals surface area contributed by atoms with Crippen LogP contribution in [0.5, 0.6) is 5.75 Å². The summed E-state index contributed by atoms with van der Waals surface area (Å²) in [5.74, 6) is 0.743. The summed E-state index contributed by atoms with van der Waals surface area (Å²) in [6.45, 7) is 6.13. The van der Waals surface area contributed by atoms with E-state index in [-0.39, 0.29) is 12.1 Å². The first-order chi connectivity index (χ1) is 7.54. The maximum absolute atomic E-state index is 6.14. The molecule has 1 aromatic carbocycles. The van der Waals surface area contributed by atoms with Gasteiger partial charge in [-0.05, 0) is 38.0 Å². The Labute approximate surface area is 103 Å². The van der Waals surface area contributed by atoms with Gasteiger partial charge in [-0.2, -0.15) is 0 Å². The molecule has 1 rings (SSSR count). The smallest absolute Gasteiger partial charge is 0.138 e. The molecule has 2 nitrogen and oxygen atoms in total. The molecule has 3 heteroatoms. The van der Waals surface area contributed by atoms with Crippen molar-refractivity contribution in [3.63, 3.8) is 0 Å². The lowest BCUT2D eigenvalue weighted by atomic mass is 10.1. The molecule has 90 valence electrons. The summed E-state index contributed by atoms with van der Waals surface area (Å²) >= 11 is 6.14. The molecule has 0 aliphatic rings. The largest absolute Gasteiger partial charge is 0.489 e. The van der Waals surface area contributed by atoms with Crippen LogP contribution in [0.4, 0.5) is 0 Å². The monoisotopic (exact) mass is 241 g/mol. The quantitative estimate of drug-likeness (QED) is 0.848. The van der Waals surface area contributed by atoms with Gasteiger partial charge in [0, 0.05) is 6.04 Å². The summed E-state index contributed by atoms with van der Waals surface area (Å²) in [7, 11) is 0. The van der Waals surface area contributed by atoms with Gasteiger partial charge in [-0.25, -0.2) is 0 Å². The highest BCUT2D eigenvalue weighted by atomic mass is 35.5. The highest BCUT2D eigenvalue weighted by Gasteiger charge is 2.08. The molecule has 1 unspecified atom stereocenters. The topological polar surface area (TPSA) is 35.2 Å². The first-order valence-electron chi connectivity index (χ1n) is 5.76. The van der Waals surface area contributed by atoms with Crippen molar-refractivity contribution in [1.82, 2.24) is 0 Å². The van der Waals surface area contributed by atoms with Crippen LogP contribution in [0.1, 0.15) is 45.2 Å². The van der Waals surface area contributed by atoms with Crippen LogP contribution in [0, 0.1) is 0 Å². The lowest BCUT2D eigenvalue weighted by Gasteiger charge is -2.16. The summed E-state index contributed by atoms with van der Waals surface area (Å²) in [6, 6.07) is 5.73. The van der Waals surface area contributed by atoms with Gasteiger partial charge in [-0.15, -0.1) is 0 Å². The summed E-state index contributed by atoms with van der Waals surface area (Å²) in [6.07, 6.45) is 2.34. The molecule has 0 heterocycles. The average molecular weight is 242 g/mol. The van der Waals surface area contributed by atoms with E-state index in [0.29, 0.717) is 5.02 Å². The molecule has 0 spiro atoms. The van der Waals surface area contributed by atoms with Gasteiger partial charge in [0.1, 0.15) is 5.75 Å². The number of benzene rings is 1. The standard InChI is InChI=1S/C13H20ClNO/c1-4-5-9(2)16-13-7-6-11(10(3)15)8-12(13)14/h6-10H,4-5,15H2,1-3H3/t9?,10-/m1/s1. The van der Waals surface area contributed by atoms with Gasteiger partial charge in [0.2, 0.25) is 0 Å². The molecule has 1 aromatic rings. The maximum Gasteiger partial charge on any atom is 0.138 e. The van der Waals surface area contributed by atoms with E-state index in [1.807, 2.05) is 25.1 Å². The van der Waals surface area contributed by atoms with E-state index < -0.39 is 0 Å². The lowest BCUT2D eigenvalue weighted by Crippen LogP contribution is -2.11. The Hall–Kier alpha value is -0.730. The molecular weight excluding hydrogens is 222 g/mol. The van der Waals surface area contributed by atoms with Gasteiger partial charge >= 0.3 is 0 Å². The van der Waals surface area contributed by atoms with E-state index in [9.17, 15) is 0 Å². The Morgan fingerprint density at radius 2 is 2.06 bits per heavy atom. The number of rotatable bonds is 5. The Kier molecular flexibility index (Phi) is 5.10. The zero-order valence-electron chi connectivity index (χ0n) is 10.2. The minimum Gasteiger partial charge on any atom is -0.489 e. The van der Waals surface area contributed by atoms with Crippen LogP contribution in [0.25, 0.3) is 0 Å². The van der Waals surface area contributed by atoms with E-state index >= 15 is 0 Å². The fourth-order valence-electron chi connectivity index (χ4n) is 1.58. The molecule has 0 saturated carbocycles. The summed E-state index contributed by atoms with van der Waals surface area (Å²) in [5.41, 5.74) is 6.81. The maximum atomic E-state index is 6.14. The Bertz CT molecular complexity index is 339. The zero-order chi connectivity index (χ0) is 12.1. The number of ether oxygens (including phenoxy) is 1. The van der Waals surface area contributed by atoms with Crippen molar-refractivity contribution in [1.29, 1.82) is 0 Å². The molecular formula is C13H20ClNO. The number of halogens is 1. The number of hydrogen-bond acceptors (Lipinski definition) is 2. The molecule has 16 heavy (non-hydrogen) atoms. The van der Waals surface area contributed by atoms with Gasteiger partial charge in [-0.1, -0.05) is 31.0 Å². The first-order valence-corrected chi connectivity index (χ1v) is 6.14. The second-order valence-corrected chi connectivity index (χ2v) is 4.60. The highest BCUT2D eigenvalue weighted by Crippen LogP contribution is 2.28. The van der Waals surface area contributed by atoms with Crippen LogP contribution in [-0.4, -0.2) is 6.10 Å². The number of nitrogens with two attached hydrogens (primary N) is 1. The normalized spacial score (nSPS) is 14.6. The molecule has 0 aliphatic heterocycles. The van der Waals surface area contributed by atoms with Crippen LogP contribution >= 0.6 is 11.6 Å². The molecule has 0 fully saturated rings. The van der Waals surface area contributed by atoms with Crippen molar-refractivity contribution in [3.05, 3.63) is 28.8 Å². The van der Waals surface area contributed by atoms with Crippen LogP contribution in [0.2, 0.25) is 5.02 Å². The lowest BCUT2D eigenvalue weighted by molar-refractivity contribution is 0.210. The second-order valence-electron chi connectivity index (χ2n) is 4.20. The molecule has 0 radical (unpaired) electrons. The van der Waals surface area contributed by atoms with Gasteiger partial charge in [0.15, 0.2) is 0 Å². The Morgan fingerprint density at radius 1 is 1.38 bits per heavy atom.